The zero-order valence-corrected chi connectivity index (χ0v) is 10.5. The van der Waals surface area contributed by atoms with Gasteiger partial charge in [0.25, 0.3) is 0 Å². The smallest absolute Gasteiger partial charge is 0.129 e. The molecule has 2 unspecified atom stereocenters. The van der Waals surface area contributed by atoms with Crippen molar-refractivity contribution in [3.05, 3.63) is 29.0 Å². The van der Waals surface area contributed by atoms with Crippen molar-refractivity contribution >= 4 is 11.6 Å². The predicted molar refractivity (Wildman–Crippen MR) is 66.6 cm³/mol. The lowest BCUT2D eigenvalue weighted by Gasteiger charge is -2.36. The molecule has 1 aliphatic rings. The Morgan fingerprint density at radius 3 is 2.62 bits per heavy atom. The summed E-state index contributed by atoms with van der Waals surface area (Å²) in [6.45, 7) is 7.59. The van der Waals surface area contributed by atoms with Crippen LogP contribution < -0.4 is 5.32 Å². The third-order valence-electron chi connectivity index (χ3n) is 2.83. The second kappa shape index (κ2) is 5.13. The highest BCUT2D eigenvalue weighted by atomic mass is 35.5. The zero-order valence-electron chi connectivity index (χ0n) is 9.78. The van der Waals surface area contributed by atoms with E-state index in [0.29, 0.717) is 17.2 Å². The Morgan fingerprint density at radius 2 is 2.06 bits per heavy atom. The van der Waals surface area contributed by atoms with Gasteiger partial charge in [-0.05, 0) is 25.5 Å². The fourth-order valence-corrected chi connectivity index (χ4v) is 2.44. The van der Waals surface area contributed by atoms with Gasteiger partial charge in [0, 0.05) is 37.9 Å². The molecule has 2 atom stereocenters. The van der Waals surface area contributed by atoms with Crippen LogP contribution in [-0.2, 0) is 6.54 Å². The molecular formula is C12H18ClN3. The number of hydrogen-bond acceptors (Lipinski definition) is 3. The van der Waals surface area contributed by atoms with Gasteiger partial charge < -0.3 is 5.32 Å². The monoisotopic (exact) mass is 239 g/mol. The first-order valence-electron chi connectivity index (χ1n) is 5.72. The van der Waals surface area contributed by atoms with Crippen molar-refractivity contribution in [2.75, 3.05) is 13.1 Å². The highest BCUT2D eigenvalue weighted by molar-refractivity contribution is 6.29. The van der Waals surface area contributed by atoms with Gasteiger partial charge in [0.15, 0.2) is 0 Å². The first-order chi connectivity index (χ1) is 7.63. The highest BCUT2D eigenvalue weighted by Gasteiger charge is 2.20. The summed E-state index contributed by atoms with van der Waals surface area (Å²) in [5, 5.41) is 4.09. The van der Waals surface area contributed by atoms with Crippen LogP contribution in [0.1, 0.15) is 19.4 Å². The van der Waals surface area contributed by atoms with Crippen LogP contribution >= 0.6 is 11.6 Å². The van der Waals surface area contributed by atoms with Gasteiger partial charge >= 0.3 is 0 Å². The van der Waals surface area contributed by atoms with E-state index in [0.717, 1.165) is 19.6 Å². The number of pyridine rings is 1. The molecule has 1 fully saturated rings. The Bertz CT molecular complexity index is 329. The Kier molecular flexibility index (Phi) is 3.79. The molecule has 0 bridgehead atoms. The van der Waals surface area contributed by atoms with Crippen LogP contribution in [0.3, 0.4) is 0 Å². The van der Waals surface area contributed by atoms with Gasteiger partial charge in [-0.3, -0.25) is 4.90 Å². The lowest BCUT2D eigenvalue weighted by Crippen LogP contribution is -2.53. The minimum atomic E-state index is 0.559. The van der Waals surface area contributed by atoms with Crippen molar-refractivity contribution in [3.63, 3.8) is 0 Å². The number of aromatic nitrogens is 1. The molecule has 0 amide bonds. The SMILES string of the molecule is CC1CN(Cc2ccc(Cl)nc2)CC(C)N1. The average molecular weight is 240 g/mol. The molecule has 0 aliphatic carbocycles. The summed E-state index contributed by atoms with van der Waals surface area (Å²) in [6, 6.07) is 5.02. The van der Waals surface area contributed by atoms with Crippen molar-refractivity contribution in [1.29, 1.82) is 0 Å². The van der Waals surface area contributed by atoms with E-state index in [4.69, 9.17) is 11.6 Å². The Morgan fingerprint density at radius 1 is 1.38 bits per heavy atom. The highest BCUT2D eigenvalue weighted by Crippen LogP contribution is 2.11. The van der Waals surface area contributed by atoms with Gasteiger partial charge in [0.2, 0.25) is 0 Å². The van der Waals surface area contributed by atoms with E-state index in [1.165, 1.54) is 5.56 Å². The zero-order chi connectivity index (χ0) is 11.5. The second-order valence-electron chi connectivity index (χ2n) is 4.65. The maximum Gasteiger partial charge on any atom is 0.129 e. The number of rotatable bonds is 2. The molecular weight excluding hydrogens is 222 g/mol. The molecule has 1 aromatic rings. The van der Waals surface area contributed by atoms with E-state index in [-0.39, 0.29) is 0 Å². The van der Waals surface area contributed by atoms with Crippen LogP contribution in [0.5, 0.6) is 0 Å². The van der Waals surface area contributed by atoms with Crippen LogP contribution in [0.25, 0.3) is 0 Å². The Balaban J connectivity index is 1.96. The van der Waals surface area contributed by atoms with E-state index in [1.54, 1.807) is 0 Å². The molecule has 1 saturated heterocycles. The van der Waals surface area contributed by atoms with Crippen molar-refractivity contribution in [2.45, 2.75) is 32.5 Å². The van der Waals surface area contributed by atoms with Crippen LogP contribution in [-0.4, -0.2) is 35.1 Å². The molecule has 3 nitrogen and oxygen atoms in total. The molecule has 0 spiro atoms. The summed E-state index contributed by atoms with van der Waals surface area (Å²) in [6.07, 6.45) is 1.86. The van der Waals surface area contributed by atoms with E-state index in [2.05, 4.69) is 29.0 Å². The Hall–Kier alpha value is -0.640. The van der Waals surface area contributed by atoms with Gasteiger partial charge in [-0.1, -0.05) is 17.7 Å². The van der Waals surface area contributed by atoms with Crippen molar-refractivity contribution in [1.82, 2.24) is 15.2 Å². The van der Waals surface area contributed by atoms with E-state index in [9.17, 15) is 0 Å². The van der Waals surface area contributed by atoms with Crippen LogP contribution in [0.2, 0.25) is 5.15 Å². The quantitative estimate of drug-likeness (QED) is 0.800. The lowest BCUT2D eigenvalue weighted by molar-refractivity contribution is 0.166. The first-order valence-corrected chi connectivity index (χ1v) is 6.10. The maximum atomic E-state index is 5.77. The van der Waals surface area contributed by atoms with E-state index < -0.39 is 0 Å². The van der Waals surface area contributed by atoms with Crippen LogP contribution in [0.4, 0.5) is 0 Å². The summed E-state index contributed by atoms with van der Waals surface area (Å²) in [5.74, 6) is 0. The minimum Gasteiger partial charge on any atom is -0.309 e. The summed E-state index contributed by atoms with van der Waals surface area (Å²) < 4.78 is 0. The summed E-state index contributed by atoms with van der Waals surface area (Å²) in [4.78, 5) is 6.56. The normalized spacial score (nSPS) is 26.9. The third-order valence-corrected chi connectivity index (χ3v) is 3.05. The molecule has 0 radical (unpaired) electrons. The van der Waals surface area contributed by atoms with Gasteiger partial charge in [-0.2, -0.15) is 0 Å². The topological polar surface area (TPSA) is 28.2 Å². The van der Waals surface area contributed by atoms with Crippen molar-refractivity contribution < 1.29 is 0 Å². The molecule has 1 aliphatic heterocycles. The molecule has 1 aromatic heterocycles. The molecule has 88 valence electrons. The molecule has 0 saturated carbocycles. The van der Waals surface area contributed by atoms with Crippen molar-refractivity contribution in [3.8, 4) is 0 Å². The second-order valence-corrected chi connectivity index (χ2v) is 5.04. The van der Waals surface area contributed by atoms with Gasteiger partial charge in [0.1, 0.15) is 5.15 Å². The molecule has 2 rings (SSSR count). The standard InChI is InChI=1S/C12H18ClN3/c1-9-6-16(7-10(2)15-9)8-11-3-4-12(13)14-5-11/h3-5,9-10,15H,6-8H2,1-2H3. The number of halogens is 1. The molecule has 1 N–H and O–H groups in total. The molecule has 4 heteroatoms. The van der Waals surface area contributed by atoms with E-state index in [1.807, 2.05) is 18.3 Å². The number of nitrogens with one attached hydrogen (secondary N) is 1. The summed E-state index contributed by atoms with van der Waals surface area (Å²) in [7, 11) is 0. The van der Waals surface area contributed by atoms with Gasteiger partial charge in [-0.25, -0.2) is 4.98 Å². The average Bonchev–Trinajstić information content (AvgIpc) is 2.20. The van der Waals surface area contributed by atoms with Crippen LogP contribution in [0, 0.1) is 0 Å². The fraction of sp³-hybridized carbons (Fsp3) is 0.583. The predicted octanol–water partition coefficient (Wildman–Crippen LogP) is 1.92. The largest absolute Gasteiger partial charge is 0.309 e. The van der Waals surface area contributed by atoms with Crippen molar-refractivity contribution in [2.24, 2.45) is 0 Å². The number of nitrogens with zero attached hydrogens (tertiary/aromatic N) is 2. The lowest BCUT2D eigenvalue weighted by atomic mass is 10.1. The molecule has 2 heterocycles. The van der Waals surface area contributed by atoms with Crippen LogP contribution in [0.15, 0.2) is 18.3 Å². The Labute approximate surface area is 102 Å². The molecule has 16 heavy (non-hydrogen) atoms. The fourth-order valence-electron chi connectivity index (χ4n) is 2.33. The minimum absolute atomic E-state index is 0.559. The molecule has 0 aromatic carbocycles. The number of hydrogen-bond donors (Lipinski definition) is 1. The summed E-state index contributed by atoms with van der Waals surface area (Å²) in [5.41, 5.74) is 1.23. The number of piperazine rings is 1. The maximum absolute atomic E-state index is 5.77. The summed E-state index contributed by atoms with van der Waals surface area (Å²) >= 11 is 5.77. The third kappa shape index (κ3) is 3.17. The van der Waals surface area contributed by atoms with Gasteiger partial charge in [-0.15, -0.1) is 0 Å². The van der Waals surface area contributed by atoms with Gasteiger partial charge in [0.05, 0.1) is 0 Å². The first kappa shape index (κ1) is 11.8. The van der Waals surface area contributed by atoms with E-state index >= 15 is 0 Å².